The maximum absolute atomic E-state index is 12.2. The highest BCUT2D eigenvalue weighted by Crippen LogP contribution is 2.26. The van der Waals surface area contributed by atoms with Gasteiger partial charge in [-0.1, -0.05) is 13.3 Å². The van der Waals surface area contributed by atoms with E-state index in [0.717, 1.165) is 25.9 Å². The summed E-state index contributed by atoms with van der Waals surface area (Å²) in [6.45, 7) is 3.68. The van der Waals surface area contributed by atoms with Gasteiger partial charge in [-0.15, -0.1) is 11.8 Å². The summed E-state index contributed by atoms with van der Waals surface area (Å²) in [6.07, 6.45) is 2.13. The van der Waals surface area contributed by atoms with Gasteiger partial charge in [-0.25, -0.2) is 9.59 Å². The third kappa shape index (κ3) is 2.51. The predicted molar refractivity (Wildman–Crippen MR) is 66.0 cm³/mol. The average Bonchev–Trinajstić information content (AvgIpc) is 2.97. The van der Waals surface area contributed by atoms with E-state index in [0.29, 0.717) is 17.5 Å². The lowest BCUT2D eigenvalue weighted by molar-refractivity contribution is -0.140. The third-order valence-corrected chi connectivity index (χ3v) is 4.56. The fraction of sp³-hybridized carbons (Fsp3) is 0.818. The highest BCUT2D eigenvalue weighted by atomic mass is 32.2. The van der Waals surface area contributed by atoms with E-state index in [-0.39, 0.29) is 6.03 Å². The van der Waals surface area contributed by atoms with Crippen LogP contribution in [0, 0.1) is 5.92 Å². The minimum atomic E-state index is -0.894. The fourth-order valence-corrected chi connectivity index (χ4v) is 3.50. The average molecular weight is 258 g/mol. The Bertz CT molecular complexity index is 324. The fourth-order valence-electron chi connectivity index (χ4n) is 2.36. The van der Waals surface area contributed by atoms with Gasteiger partial charge in [0.2, 0.25) is 0 Å². The Morgan fingerprint density at radius 2 is 2.24 bits per heavy atom. The van der Waals surface area contributed by atoms with Gasteiger partial charge in [-0.3, -0.25) is 0 Å². The Hall–Kier alpha value is -0.910. The number of carbonyl (C=O) groups is 2. The Labute approximate surface area is 105 Å². The lowest BCUT2D eigenvalue weighted by Gasteiger charge is -2.26. The molecule has 2 saturated heterocycles. The molecule has 2 rings (SSSR count). The van der Waals surface area contributed by atoms with Crippen LogP contribution in [0.4, 0.5) is 4.79 Å². The van der Waals surface area contributed by atoms with Crippen LogP contribution in [0.25, 0.3) is 0 Å². The van der Waals surface area contributed by atoms with Crippen LogP contribution < -0.4 is 0 Å². The Morgan fingerprint density at radius 1 is 1.47 bits per heavy atom. The van der Waals surface area contributed by atoms with Crippen molar-refractivity contribution in [3.05, 3.63) is 0 Å². The van der Waals surface area contributed by atoms with Gasteiger partial charge in [0, 0.05) is 18.8 Å². The van der Waals surface area contributed by atoms with Gasteiger partial charge in [0.25, 0.3) is 0 Å². The first-order valence-electron chi connectivity index (χ1n) is 5.99. The molecule has 0 aromatic carbocycles. The van der Waals surface area contributed by atoms with Crippen LogP contribution in [0.3, 0.4) is 0 Å². The molecule has 0 aromatic rings. The number of likely N-dealkylation sites (tertiary alicyclic amines) is 1. The smallest absolute Gasteiger partial charge is 0.327 e. The SMILES string of the molecule is CCC1CCN(C(=O)N2CSCC2C(=O)O)C1. The number of carboxylic acid groups (broad SMARTS) is 1. The van der Waals surface area contributed by atoms with Crippen LogP contribution in [0.2, 0.25) is 0 Å². The van der Waals surface area contributed by atoms with E-state index in [9.17, 15) is 9.59 Å². The van der Waals surface area contributed by atoms with Crippen molar-refractivity contribution in [1.82, 2.24) is 9.80 Å². The van der Waals surface area contributed by atoms with Crippen molar-refractivity contribution in [3.8, 4) is 0 Å². The maximum Gasteiger partial charge on any atom is 0.327 e. The minimum Gasteiger partial charge on any atom is -0.480 e. The molecule has 0 aliphatic carbocycles. The van der Waals surface area contributed by atoms with Crippen LogP contribution in [-0.2, 0) is 4.79 Å². The number of urea groups is 1. The Morgan fingerprint density at radius 3 is 2.82 bits per heavy atom. The Balaban J connectivity index is 1.98. The van der Waals surface area contributed by atoms with Gasteiger partial charge in [0.05, 0.1) is 5.88 Å². The molecule has 1 N–H and O–H groups in total. The molecule has 2 fully saturated rings. The van der Waals surface area contributed by atoms with Gasteiger partial charge in [-0.2, -0.15) is 0 Å². The van der Waals surface area contributed by atoms with Crippen LogP contribution >= 0.6 is 11.8 Å². The van der Waals surface area contributed by atoms with Crippen LogP contribution in [0.15, 0.2) is 0 Å². The second-order valence-electron chi connectivity index (χ2n) is 4.62. The largest absolute Gasteiger partial charge is 0.480 e. The maximum atomic E-state index is 12.2. The van der Waals surface area contributed by atoms with Gasteiger partial charge in [-0.05, 0) is 12.3 Å². The summed E-state index contributed by atoms with van der Waals surface area (Å²) < 4.78 is 0. The number of carbonyl (C=O) groups excluding carboxylic acids is 1. The molecule has 0 radical (unpaired) electrons. The topological polar surface area (TPSA) is 60.9 Å². The summed E-state index contributed by atoms with van der Waals surface area (Å²) in [5.41, 5.74) is 0. The van der Waals surface area contributed by atoms with Crippen molar-refractivity contribution in [1.29, 1.82) is 0 Å². The molecule has 2 unspecified atom stereocenters. The van der Waals surface area contributed by atoms with E-state index < -0.39 is 12.0 Å². The van der Waals surface area contributed by atoms with E-state index in [1.165, 1.54) is 16.7 Å². The predicted octanol–water partition coefficient (Wildman–Crippen LogP) is 1.30. The number of aliphatic carboxylic acids is 1. The molecule has 6 heteroatoms. The molecule has 0 saturated carbocycles. The molecular formula is C11H18N2O3S. The van der Waals surface area contributed by atoms with Crippen molar-refractivity contribution >= 4 is 23.8 Å². The summed E-state index contributed by atoms with van der Waals surface area (Å²) in [7, 11) is 0. The van der Waals surface area contributed by atoms with E-state index in [2.05, 4.69) is 6.92 Å². The van der Waals surface area contributed by atoms with Crippen molar-refractivity contribution < 1.29 is 14.7 Å². The van der Waals surface area contributed by atoms with E-state index in [1.54, 1.807) is 4.90 Å². The Kier molecular flexibility index (Phi) is 3.81. The molecule has 5 nitrogen and oxygen atoms in total. The molecule has 2 atom stereocenters. The number of amides is 2. The number of hydrogen-bond donors (Lipinski definition) is 1. The summed E-state index contributed by atoms with van der Waals surface area (Å²) in [5, 5.41) is 9.05. The molecular weight excluding hydrogens is 240 g/mol. The van der Waals surface area contributed by atoms with Crippen LogP contribution in [-0.4, -0.2) is 57.7 Å². The van der Waals surface area contributed by atoms with Crippen LogP contribution in [0.5, 0.6) is 0 Å². The van der Waals surface area contributed by atoms with Crippen molar-refractivity contribution in [2.24, 2.45) is 5.92 Å². The normalized spacial score (nSPS) is 28.8. The van der Waals surface area contributed by atoms with Gasteiger partial charge < -0.3 is 14.9 Å². The molecule has 2 heterocycles. The quantitative estimate of drug-likeness (QED) is 0.811. The third-order valence-electron chi connectivity index (χ3n) is 3.55. The molecule has 0 bridgehead atoms. The summed E-state index contributed by atoms with van der Waals surface area (Å²) >= 11 is 1.51. The van der Waals surface area contributed by atoms with Crippen molar-refractivity contribution in [2.45, 2.75) is 25.8 Å². The number of rotatable bonds is 2. The van der Waals surface area contributed by atoms with E-state index in [4.69, 9.17) is 5.11 Å². The minimum absolute atomic E-state index is 0.0987. The molecule has 96 valence electrons. The standard InChI is InChI=1S/C11H18N2O3S/c1-2-8-3-4-12(5-8)11(16)13-7-17-6-9(13)10(14)15/h8-9H,2-7H2,1H3,(H,14,15). The number of nitrogens with zero attached hydrogens (tertiary/aromatic N) is 2. The second-order valence-corrected chi connectivity index (χ2v) is 5.62. The van der Waals surface area contributed by atoms with Crippen LogP contribution in [0.1, 0.15) is 19.8 Å². The van der Waals surface area contributed by atoms with Gasteiger partial charge in [0.1, 0.15) is 6.04 Å². The zero-order valence-corrected chi connectivity index (χ0v) is 10.8. The van der Waals surface area contributed by atoms with Crippen molar-refractivity contribution in [2.75, 3.05) is 24.7 Å². The molecule has 2 aliphatic heterocycles. The first-order chi connectivity index (χ1) is 8.13. The molecule has 0 spiro atoms. The molecule has 2 amide bonds. The van der Waals surface area contributed by atoms with Crippen molar-refractivity contribution in [3.63, 3.8) is 0 Å². The monoisotopic (exact) mass is 258 g/mol. The number of thioether (sulfide) groups is 1. The lowest BCUT2D eigenvalue weighted by atomic mass is 10.1. The van der Waals surface area contributed by atoms with Gasteiger partial charge in [0.15, 0.2) is 0 Å². The molecule has 17 heavy (non-hydrogen) atoms. The zero-order valence-electron chi connectivity index (χ0n) is 9.96. The lowest BCUT2D eigenvalue weighted by Crippen LogP contribution is -2.48. The molecule has 2 aliphatic rings. The second kappa shape index (κ2) is 5.16. The zero-order chi connectivity index (χ0) is 12.4. The highest BCUT2D eigenvalue weighted by Gasteiger charge is 2.38. The summed E-state index contributed by atoms with van der Waals surface area (Å²) in [5.74, 6) is 0.696. The van der Waals surface area contributed by atoms with E-state index >= 15 is 0 Å². The number of hydrogen-bond acceptors (Lipinski definition) is 3. The molecule has 0 aromatic heterocycles. The summed E-state index contributed by atoms with van der Waals surface area (Å²) in [4.78, 5) is 26.5. The summed E-state index contributed by atoms with van der Waals surface area (Å²) in [6, 6.07) is -0.744. The first-order valence-corrected chi connectivity index (χ1v) is 7.15. The highest BCUT2D eigenvalue weighted by molar-refractivity contribution is 7.99. The number of carboxylic acids is 1. The van der Waals surface area contributed by atoms with Gasteiger partial charge >= 0.3 is 12.0 Å². The first kappa shape index (κ1) is 12.5. The van der Waals surface area contributed by atoms with E-state index in [1.807, 2.05) is 0 Å².